The first-order valence-electron chi connectivity index (χ1n) is 8.00. The molecule has 0 aliphatic heterocycles. The fourth-order valence-corrected chi connectivity index (χ4v) is 3.47. The van der Waals surface area contributed by atoms with E-state index in [0.717, 1.165) is 16.8 Å². The second-order valence-electron chi connectivity index (χ2n) is 6.00. The van der Waals surface area contributed by atoms with Crippen molar-refractivity contribution in [2.75, 3.05) is 5.32 Å². The van der Waals surface area contributed by atoms with E-state index in [0.29, 0.717) is 0 Å². The van der Waals surface area contributed by atoms with Crippen LogP contribution in [0.4, 0.5) is 5.69 Å². The van der Waals surface area contributed by atoms with Gasteiger partial charge in [0.15, 0.2) is 0 Å². The fraction of sp³-hybridized carbons (Fsp3) is 0.0952. The molecule has 0 aliphatic carbocycles. The summed E-state index contributed by atoms with van der Waals surface area (Å²) < 4.78 is 2.23. The second kappa shape index (κ2) is 5.53. The number of hydrogen-bond acceptors (Lipinski definition) is 1. The van der Waals surface area contributed by atoms with E-state index in [4.69, 9.17) is 0 Å². The minimum absolute atomic E-state index is 0.0633. The summed E-state index contributed by atoms with van der Waals surface area (Å²) in [7, 11) is 2.09. The van der Waals surface area contributed by atoms with Crippen LogP contribution in [-0.4, -0.2) is 10.5 Å². The fourth-order valence-electron chi connectivity index (χ4n) is 3.47. The Morgan fingerprint density at radius 3 is 2.33 bits per heavy atom. The predicted octanol–water partition coefficient (Wildman–Crippen LogP) is 4.96. The topological polar surface area (TPSA) is 34.0 Å². The molecule has 4 rings (SSSR count). The molecule has 0 atom stereocenters. The van der Waals surface area contributed by atoms with Crippen molar-refractivity contribution < 1.29 is 4.79 Å². The Morgan fingerprint density at radius 2 is 1.50 bits per heavy atom. The molecule has 3 aromatic carbocycles. The van der Waals surface area contributed by atoms with Crippen LogP contribution in [0.3, 0.4) is 0 Å². The van der Waals surface area contributed by atoms with Gasteiger partial charge in [0, 0.05) is 47.1 Å². The molecule has 118 valence electrons. The van der Waals surface area contributed by atoms with Gasteiger partial charge in [-0.3, -0.25) is 4.79 Å². The van der Waals surface area contributed by atoms with Crippen LogP contribution in [0.25, 0.3) is 32.9 Å². The molecule has 0 bridgehead atoms. The van der Waals surface area contributed by atoms with E-state index >= 15 is 0 Å². The molecule has 0 saturated carbocycles. The van der Waals surface area contributed by atoms with E-state index in [9.17, 15) is 4.79 Å². The molecule has 0 fully saturated rings. The highest BCUT2D eigenvalue weighted by Gasteiger charge is 2.14. The minimum atomic E-state index is -0.0633. The van der Waals surface area contributed by atoms with Crippen molar-refractivity contribution >= 4 is 33.4 Å². The first kappa shape index (κ1) is 14.5. The Morgan fingerprint density at radius 1 is 0.833 bits per heavy atom. The quantitative estimate of drug-likeness (QED) is 0.557. The summed E-state index contributed by atoms with van der Waals surface area (Å²) in [6.07, 6.45) is 0. The maximum atomic E-state index is 11.6. The molecule has 0 unspecified atom stereocenters. The summed E-state index contributed by atoms with van der Waals surface area (Å²) in [5, 5.41) is 5.41. The van der Waals surface area contributed by atoms with Gasteiger partial charge >= 0.3 is 0 Å². The first-order chi connectivity index (χ1) is 11.7. The van der Waals surface area contributed by atoms with Crippen LogP contribution in [0.2, 0.25) is 0 Å². The molecule has 4 aromatic rings. The van der Waals surface area contributed by atoms with Gasteiger partial charge in [-0.1, -0.05) is 54.6 Å². The summed E-state index contributed by atoms with van der Waals surface area (Å²) in [5.41, 5.74) is 5.37. The van der Waals surface area contributed by atoms with Gasteiger partial charge in [-0.25, -0.2) is 0 Å². The van der Waals surface area contributed by atoms with E-state index in [1.165, 1.54) is 28.7 Å². The Bertz CT molecular complexity index is 1080. The van der Waals surface area contributed by atoms with Crippen LogP contribution >= 0.6 is 0 Å². The zero-order valence-electron chi connectivity index (χ0n) is 13.7. The van der Waals surface area contributed by atoms with Gasteiger partial charge in [0.1, 0.15) is 0 Å². The highest BCUT2D eigenvalue weighted by atomic mass is 16.1. The summed E-state index contributed by atoms with van der Waals surface area (Å²) in [6.45, 7) is 1.54. The van der Waals surface area contributed by atoms with Gasteiger partial charge in [-0.05, 0) is 12.1 Å². The third-order valence-electron chi connectivity index (χ3n) is 4.45. The number of carbonyl (C=O) groups excluding carboxylic acids is 1. The number of nitrogens with zero attached hydrogens (tertiary/aromatic N) is 1. The molecule has 3 heteroatoms. The van der Waals surface area contributed by atoms with Crippen LogP contribution in [0, 0.1) is 0 Å². The molecular weight excluding hydrogens is 296 g/mol. The van der Waals surface area contributed by atoms with E-state index in [-0.39, 0.29) is 5.91 Å². The lowest BCUT2D eigenvalue weighted by molar-refractivity contribution is -0.114. The average molecular weight is 314 g/mol. The number of benzene rings is 3. The molecular formula is C21H18N2O. The van der Waals surface area contributed by atoms with Crippen molar-refractivity contribution in [3.8, 4) is 11.1 Å². The molecule has 0 radical (unpaired) electrons. The Hall–Kier alpha value is -3.07. The molecule has 0 saturated heterocycles. The van der Waals surface area contributed by atoms with Crippen molar-refractivity contribution in [3.63, 3.8) is 0 Å². The van der Waals surface area contributed by atoms with E-state index in [1.807, 2.05) is 18.2 Å². The van der Waals surface area contributed by atoms with Crippen LogP contribution in [0.5, 0.6) is 0 Å². The highest BCUT2D eigenvalue weighted by Crippen LogP contribution is 2.37. The molecule has 3 nitrogen and oxygen atoms in total. The molecule has 1 amide bonds. The number of fused-ring (bicyclic) bond motifs is 3. The number of amides is 1. The molecule has 0 aliphatic rings. The van der Waals surface area contributed by atoms with Crippen molar-refractivity contribution in [1.82, 2.24) is 4.57 Å². The summed E-state index contributed by atoms with van der Waals surface area (Å²) >= 11 is 0. The normalized spacial score (nSPS) is 11.1. The first-order valence-corrected chi connectivity index (χ1v) is 8.00. The number of aromatic nitrogens is 1. The second-order valence-corrected chi connectivity index (χ2v) is 6.00. The van der Waals surface area contributed by atoms with Gasteiger partial charge in [0.25, 0.3) is 0 Å². The van der Waals surface area contributed by atoms with E-state index in [2.05, 4.69) is 65.5 Å². The SMILES string of the molecule is CC(=O)Nc1ccccc1-c1cccc2c3ccccc3n(C)c12. The molecule has 1 N–H and O–H groups in total. The Balaban J connectivity index is 2.07. The average Bonchev–Trinajstić information content (AvgIpc) is 2.89. The number of rotatable bonds is 2. The number of hydrogen-bond donors (Lipinski definition) is 1. The van der Waals surface area contributed by atoms with Crippen molar-refractivity contribution in [2.24, 2.45) is 7.05 Å². The number of aryl methyl sites for hydroxylation is 1. The van der Waals surface area contributed by atoms with Crippen LogP contribution < -0.4 is 5.32 Å². The predicted molar refractivity (Wildman–Crippen MR) is 100 cm³/mol. The zero-order valence-corrected chi connectivity index (χ0v) is 13.7. The van der Waals surface area contributed by atoms with Crippen LogP contribution in [0.1, 0.15) is 6.92 Å². The van der Waals surface area contributed by atoms with E-state index in [1.54, 1.807) is 0 Å². The van der Waals surface area contributed by atoms with Crippen molar-refractivity contribution in [3.05, 3.63) is 66.7 Å². The van der Waals surface area contributed by atoms with Crippen LogP contribution in [0.15, 0.2) is 66.7 Å². The summed E-state index contributed by atoms with van der Waals surface area (Å²) in [6, 6.07) is 22.7. The maximum absolute atomic E-state index is 11.6. The van der Waals surface area contributed by atoms with Crippen LogP contribution in [-0.2, 0) is 11.8 Å². The smallest absolute Gasteiger partial charge is 0.221 e. The van der Waals surface area contributed by atoms with Crippen molar-refractivity contribution in [2.45, 2.75) is 6.92 Å². The number of anilines is 1. The summed E-state index contributed by atoms with van der Waals surface area (Å²) in [4.78, 5) is 11.6. The maximum Gasteiger partial charge on any atom is 0.221 e. The molecule has 0 spiro atoms. The van der Waals surface area contributed by atoms with Gasteiger partial charge in [0.2, 0.25) is 5.91 Å². The highest BCUT2D eigenvalue weighted by molar-refractivity contribution is 6.13. The third kappa shape index (κ3) is 2.17. The van der Waals surface area contributed by atoms with Gasteiger partial charge in [0.05, 0.1) is 5.52 Å². The lowest BCUT2D eigenvalue weighted by atomic mass is 10.00. The van der Waals surface area contributed by atoms with Gasteiger partial charge in [-0.15, -0.1) is 0 Å². The lowest BCUT2D eigenvalue weighted by Crippen LogP contribution is -2.07. The van der Waals surface area contributed by atoms with Gasteiger partial charge < -0.3 is 9.88 Å². The standard InChI is InChI=1S/C21H18N2O/c1-14(24)22-19-12-5-3-8-15(19)17-10-7-11-18-16-9-4-6-13-20(16)23(2)21(17)18/h3-13H,1-2H3,(H,22,24). The zero-order chi connectivity index (χ0) is 16.7. The summed E-state index contributed by atoms with van der Waals surface area (Å²) in [5.74, 6) is -0.0633. The number of carbonyl (C=O) groups is 1. The largest absolute Gasteiger partial charge is 0.343 e. The van der Waals surface area contributed by atoms with E-state index < -0.39 is 0 Å². The lowest BCUT2D eigenvalue weighted by Gasteiger charge is -2.12. The number of nitrogens with one attached hydrogen (secondary N) is 1. The Kier molecular flexibility index (Phi) is 3.35. The van der Waals surface area contributed by atoms with Crippen molar-refractivity contribution in [1.29, 1.82) is 0 Å². The monoisotopic (exact) mass is 314 g/mol. The van der Waals surface area contributed by atoms with Gasteiger partial charge in [-0.2, -0.15) is 0 Å². The molecule has 24 heavy (non-hydrogen) atoms. The number of para-hydroxylation sites is 3. The Labute approximate surface area is 140 Å². The minimum Gasteiger partial charge on any atom is -0.343 e. The molecule has 1 aromatic heterocycles. The third-order valence-corrected chi connectivity index (χ3v) is 4.45. The molecule has 1 heterocycles.